The number of ether oxygens (including phenoxy) is 2. The zero-order valence-corrected chi connectivity index (χ0v) is 16.7. The van der Waals surface area contributed by atoms with Crippen molar-refractivity contribution in [3.05, 3.63) is 59.2 Å². The highest BCUT2D eigenvalue weighted by atomic mass is 16.5. The average Bonchev–Trinajstić information content (AvgIpc) is 2.68. The zero-order chi connectivity index (χ0) is 19.4. The molecule has 4 nitrogen and oxygen atoms in total. The number of carbonyl (C=O) groups excluding carboxylic acids is 1. The van der Waals surface area contributed by atoms with Crippen LogP contribution < -0.4 is 14.8 Å². The first-order valence-electron chi connectivity index (χ1n) is 9.71. The molecular weight excluding hydrogens is 338 g/mol. The second kappa shape index (κ2) is 8.03. The van der Waals surface area contributed by atoms with Crippen molar-refractivity contribution in [3.8, 4) is 11.5 Å². The molecule has 0 bridgehead atoms. The highest BCUT2D eigenvalue weighted by Crippen LogP contribution is 2.42. The Morgan fingerprint density at radius 1 is 1.22 bits per heavy atom. The van der Waals surface area contributed by atoms with Crippen LogP contribution in [0.1, 0.15) is 55.8 Å². The Hall–Kier alpha value is -2.49. The van der Waals surface area contributed by atoms with Gasteiger partial charge in [0.2, 0.25) is 5.91 Å². The minimum Gasteiger partial charge on any atom is -0.496 e. The number of fused-ring (bicyclic) bond motifs is 1. The fraction of sp³-hybridized carbons (Fsp3) is 0.435. The molecule has 1 N–H and O–H groups in total. The SMILES string of the molecule is CCC1(CC)CC(NC(=O)Cc2ccc(OC)c(C)c2)c2ccccc2O1. The highest BCUT2D eigenvalue weighted by Gasteiger charge is 2.38. The summed E-state index contributed by atoms with van der Waals surface area (Å²) in [7, 11) is 1.66. The fourth-order valence-corrected chi connectivity index (χ4v) is 3.91. The number of nitrogens with one attached hydrogen (secondary N) is 1. The Balaban J connectivity index is 1.77. The number of hydrogen-bond donors (Lipinski definition) is 1. The van der Waals surface area contributed by atoms with E-state index in [0.717, 1.165) is 47.5 Å². The van der Waals surface area contributed by atoms with E-state index >= 15 is 0 Å². The van der Waals surface area contributed by atoms with Gasteiger partial charge in [-0.2, -0.15) is 0 Å². The summed E-state index contributed by atoms with van der Waals surface area (Å²) < 4.78 is 11.6. The number of aryl methyl sites for hydroxylation is 1. The van der Waals surface area contributed by atoms with Gasteiger partial charge in [-0.1, -0.05) is 44.2 Å². The molecule has 1 heterocycles. The van der Waals surface area contributed by atoms with Crippen LogP contribution in [0.25, 0.3) is 0 Å². The van der Waals surface area contributed by atoms with Crippen molar-refractivity contribution in [2.24, 2.45) is 0 Å². The molecular formula is C23H29NO3. The normalized spacial score (nSPS) is 17.6. The van der Waals surface area contributed by atoms with E-state index in [9.17, 15) is 4.79 Å². The maximum absolute atomic E-state index is 12.8. The number of carbonyl (C=O) groups is 1. The summed E-state index contributed by atoms with van der Waals surface area (Å²) in [5, 5.41) is 3.24. The van der Waals surface area contributed by atoms with Gasteiger partial charge in [-0.05, 0) is 43.0 Å². The largest absolute Gasteiger partial charge is 0.496 e. The Morgan fingerprint density at radius 3 is 2.63 bits per heavy atom. The van der Waals surface area contributed by atoms with Gasteiger partial charge < -0.3 is 14.8 Å². The van der Waals surface area contributed by atoms with E-state index in [1.807, 2.05) is 49.4 Å². The Kier molecular flexibility index (Phi) is 5.73. The summed E-state index contributed by atoms with van der Waals surface area (Å²) in [6.45, 7) is 6.29. The second-order valence-corrected chi connectivity index (χ2v) is 7.33. The van der Waals surface area contributed by atoms with Crippen LogP contribution in [0.15, 0.2) is 42.5 Å². The molecule has 1 atom stereocenters. The standard InChI is InChI=1S/C23H29NO3/c1-5-23(6-2)15-19(18-9-7-8-10-21(18)27-23)24-22(25)14-17-11-12-20(26-4)16(3)13-17/h7-13,19H,5-6,14-15H2,1-4H3,(H,24,25). The first kappa shape index (κ1) is 19.3. The van der Waals surface area contributed by atoms with Gasteiger partial charge in [-0.15, -0.1) is 0 Å². The van der Waals surface area contributed by atoms with Gasteiger partial charge in [0.25, 0.3) is 0 Å². The molecule has 0 aromatic heterocycles. The molecule has 0 radical (unpaired) electrons. The van der Waals surface area contributed by atoms with Crippen molar-refractivity contribution >= 4 is 5.91 Å². The number of rotatable bonds is 6. The van der Waals surface area contributed by atoms with Gasteiger partial charge in [-0.25, -0.2) is 0 Å². The summed E-state index contributed by atoms with van der Waals surface area (Å²) in [6, 6.07) is 13.9. The Morgan fingerprint density at radius 2 is 1.96 bits per heavy atom. The van der Waals surface area contributed by atoms with Crippen molar-refractivity contribution < 1.29 is 14.3 Å². The molecule has 0 fully saturated rings. The maximum atomic E-state index is 12.8. The van der Waals surface area contributed by atoms with Crippen LogP contribution >= 0.6 is 0 Å². The van der Waals surface area contributed by atoms with Crippen LogP contribution in [0.2, 0.25) is 0 Å². The van der Waals surface area contributed by atoms with Gasteiger partial charge in [0, 0.05) is 12.0 Å². The summed E-state index contributed by atoms with van der Waals surface area (Å²) in [6.07, 6.45) is 2.99. The van der Waals surface area contributed by atoms with E-state index < -0.39 is 0 Å². The van der Waals surface area contributed by atoms with Gasteiger partial charge in [0.1, 0.15) is 17.1 Å². The molecule has 3 rings (SSSR count). The summed E-state index contributed by atoms with van der Waals surface area (Å²) in [5.74, 6) is 1.76. The monoisotopic (exact) mass is 367 g/mol. The lowest BCUT2D eigenvalue weighted by molar-refractivity contribution is -0.121. The van der Waals surface area contributed by atoms with E-state index in [4.69, 9.17) is 9.47 Å². The minimum atomic E-state index is -0.219. The zero-order valence-electron chi connectivity index (χ0n) is 16.7. The van der Waals surface area contributed by atoms with Crippen molar-refractivity contribution in [3.63, 3.8) is 0 Å². The highest BCUT2D eigenvalue weighted by molar-refractivity contribution is 5.79. The smallest absolute Gasteiger partial charge is 0.224 e. The number of benzene rings is 2. The van der Waals surface area contributed by atoms with E-state index in [1.165, 1.54) is 0 Å². The van der Waals surface area contributed by atoms with Gasteiger partial charge in [-0.3, -0.25) is 4.79 Å². The number of amides is 1. The molecule has 27 heavy (non-hydrogen) atoms. The third-order valence-corrected chi connectivity index (χ3v) is 5.64. The van der Waals surface area contributed by atoms with Gasteiger partial charge in [0.05, 0.1) is 19.6 Å². The third-order valence-electron chi connectivity index (χ3n) is 5.64. The van der Waals surface area contributed by atoms with E-state index in [-0.39, 0.29) is 17.6 Å². The lowest BCUT2D eigenvalue weighted by Crippen LogP contribution is -2.44. The van der Waals surface area contributed by atoms with Crippen molar-refractivity contribution in [2.75, 3.05) is 7.11 Å². The van der Waals surface area contributed by atoms with Gasteiger partial charge in [0.15, 0.2) is 0 Å². The van der Waals surface area contributed by atoms with Crippen LogP contribution in [-0.4, -0.2) is 18.6 Å². The predicted octanol–water partition coefficient (Wildman–Crippen LogP) is 4.74. The van der Waals surface area contributed by atoms with Crippen LogP contribution in [0.5, 0.6) is 11.5 Å². The van der Waals surface area contributed by atoms with E-state index in [2.05, 4.69) is 19.2 Å². The van der Waals surface area contributed by atoms with Crippen LogP contribution in [-0.2, 0) is 11.2 Å². The first-order chi connectivity index (χ1) is 13.0. The predicted molar refractivity (Wildman–Crippen MR) is 107 cm³/mol. The Labute approximate surface area is 161 Å². The number of methoxy groups -OCH3 is 1. The van der Waals surface area contributed by atoms with Crippen molar-refractivity contribution in [2.45, 2.75) is 58.1 Å². The molecule has 144 valence electrons. The molecule has 2 aromatic carbocycles. The van der Waals surface area contributed by atoms with Crippen LogP contribution in [0, 0.1) is 6.92 Å². The minimum absolute atomic E-state index is 0.0262. The van der Waals surface area contributed by atoms with Crippen molar-refractivity contribution in [1.82, 2.24) is 5.32 Å². The van der Waals surface area contributed by atoms with Crippen molar-refractivity contribution in [1.29, 1.82) is 0 Å². The molecule has 1 aliphatic heterocycles. The average molecular weight is 367 g/mol. The van der Waals surface area contributed by atoms with E-state index in [0.29, 0.717) is 6.42 Å². The molecule has 2 aromatic rings. The molecule has 0 spiro atoms. The topological polar surface area (TPSA) is 47.6 Å². The maximum Gasteiger partial charge on any atom is 0.224 e. The summed E-state index contributed by atoms with van der Waals surface area (Å²) in [4.78, 5) is 12.8. The lowest BCUT2D eigenvalue weighted by atomic mass is 9.83. The number of para-hydroxylation sites is 1. The Bertz CT molecular complexity index is 811. The molecule has 0 aliphatic carbocycles. The van der Waals surface area contributed by atoms with E-state index in [1.54, 1.807) is 7.11 Å². The van der Waals surface area contributed by atoms with Crippen LogP contribution in [0.4, 0.5) is 0 Å². The lowest BCUT2D eigenvalue weighted by Gasteiger charge is -2.41. The molecule has 1 aliphatic rings. The summed E-state index contributed by atoms with van der Waals surface area (Å²) >= 11 is 0. The first-order valence-corrected chi connectivity index (χ1v) is 9.71. The summed E-state index contributed by atoms with van der Waals surface area (Å²) in [5.41, 5.74) is 2.87. The third kappa shape index (κ3) is 4.10. The molecule has 0 saturated heterocycles. The number of hydrogen-bond acceptors (Lipinski definition) is 3. The van der Waals surface area contributed by atoms with Crippen LogP contribution in [0.3, 0.4) is 0 Å². The second-order valence-electron chi connectivity index (χ2n) is 7.33. The fourth-order valence-electron chi connectivity index (χ4n) is 3.91. The molecule has 1 amide bonds. The molecule has 0 saturated carbocycles. The molecule has 4 heteroatoms. The van der Waals surface area contributed by atoms with Gasteiger partial charge >= 0.3 is 0 Å². The molecule has 1 unspecified atom stereocenters. The quantitative estimate of drug-likeness (QED) is 0.802.